The number of nitrogens with zero attached hydrogens (tertiary/aromatic N) is 5. The summed E-state index contributed by atoms with van der Waals surface area (Å²) in [5, 5.41) is 14.4. The summed E-state index contributed by atoms with van der Waals surface area (Å²) in [6.07, 6.45) is -4.47. The Morgan fingerprint density at radius 3 is 2.45 bits per heavy atom. The summed E-state index contributed by atoms with van der Waals surface area (Å²) in [6.45, 7) is 1.57. The minimum atomic E-state index is -4.47. The number of nitrogens with one attached hydrogen (secondary N) is 1. The Morgan fingerprint density at radius 1 is 1.14 bits per heavy atom. The number of anilines is 2. The van der Waals surface area contributed by atoms with E-state index in [1.54, 1.807) is 19.1 Å². The third-order valence-electron chi connectivity index (χ3n) is 4.25. The van der Waals surface area contributed by atoms with Crippen LogP contribution in [0.4, 0.5) is 24.5 Å². The van der Waals surface area contributed by atoms with E-state index in [-0.39, 0.29) is 17.3 Å². The summed E-state index contributed by atoms with van der Waals surface area (Å²) in [5.74, 6) is -0.373. The molecule has 1 unspecified atom stereocenters. The molecule has 29 heavy (non-hydrogen) atoms. The molecule has 2 aromatic carbocycles. The molecule has 0 aliphatic heterocycles. The third kappa shape index (κ3) is 4.71. The monoisotopic (exact) mass is 404 g/mol. The molecule has 1 amide bonds. The largest absolute Gasteiger partial charge is 0.416 e. The van der Waals surface area contributed by atoms with Gasteiger partial charge in [-0.05, 0) is 48.5 Å². The second kappa shape index (κ2) is 7.90. The Kier molecular flexibility index (Phi) is 5.53. The zero-order valence-corrected chi connectivity index (χ0v) is 16.0. The fourth-order valence-corrected chi connectivity index (χ4v) is 2.53. The minimum absolute atomic E-state index is 0.00564. The first-order chi connectivity index (χ1) is 13.6. The lowest BCUT2D eigenvalue weighted by atomic mass is 10.1. The van der Waals surface area contributed by atoms with Gasteiger partial charge in [-0.2, -0.15) is 18.0 Å². The van der Waals surface area contributed by atoms with Crippen LogP contribution in [0.25, 0.3) is 11.4 Å². The molecule has 3 rings (SSSR count). The lowest BCUT2D eigenvalue weighted by Crippen LogP contribution is -2.25. The van der Waals surface area contributed by atoms with Crippen molar-refractivity contribution in [1.29, 1.82) is 0 Å². The van der Waals surface area contributed by atoms with Crippen LogP contribution in [0.1, 0.15) is 18.5 Å². The average molecular weight is 404 g/mol. The highest BCUT2D eigenvalue weighted by Gasteiger charge is 2.31. The van der Waals surface area contributed by atoms with Gasteiger partial charge in [0.1, 0.15) is 6.04 Å². The molecule has 0 spiro atoms. The van der Waals surface area contributed by atoms with Gasteiger partial charge < -0.3 is 10.2 Å². The second-order valence-electron chi connectivity index (χ2n) is 6.62. The van der Waals surface area contributed by atoms with Gasteiger partial charge in [0, 0.05) is 31.0 Å². The van der Waals surface area contributed by atoms with Crippen molar-refractivity contribution in [3.8, 4) is 11.4 Å². The predicted molar refractivity (Wildman–Crippen MR) is 102 cm³/mol. The Hall–Kier alpha value is -3.43. The standard InChI is InChI=1S/C19H19F3N6O/c1-12(18(29)23-15-7-9-16(10-8-15)27(2)3)28-25-17(24-26-28)13-5-4-6-14(11-13)19(20,21)22/h4-12H,1-3H3,(H,23,29). The molecular weight excluding hydrogens is 385 g/mol. The third-order valence-corrected chi connectivity index (χ3v) is 4.25. The number of rotatable bonds is 5. The molecule has 0 aliphatic carbocycles. The molecule has 1 aromatic heterocycles. The van der Waals surface area contributed by atoms with Gasteiger partial charge >= 0.3 is 6.18 Å². The smallest absolute Gasteiger partial charge is 0.378 e. The van der Waals surface area contributed by atoms with Crippen LogP contribution < -0.4 is 10.2 Å². The number of hydrogen-bond acceptors (Lipinski definition) is 5. The van der Waals surface area contributed by atoms with E-state index in [2.05, 4.69) is 20.7 Å². The lowest BCUT2D eigenvalue weighted by molar-refractivity contribution is -0.137. The van der Waals surface area contributed by atoms with Crippen LogP contribution in [-0.2, 0) is 11.0 Å². The Bertz CT molecular complexity index is 998. The van der Waals surface area contributed by atoms with Crippen LogP contribution in [0.3, 0.4) is 0 Å². The predicted octanol–water partition coefficient (Wildman–Crippen LogP) is 3.62. The number of alkyl halides is 3. The summed E-state index contributed by atoms with van der Waals surface area (Å²) in [7, 11) is 3.82. The van der Waals surface area contributed by atoms with E-state index in [1.807, 2.05) is 31.1 Å². The molecule has 7 nitrogen and oxygen atoms in total. The van der Waals surface area contributed by atoms with Crippen molar-refractivity contribution in [2.75, 3.05) is 24.3 Å². The van der Waals surface area contributed by atoms with E-state index in [4.69, 9.17) is 0 Å². The second-order valence-corrected chi connectivity index (χ2v) is 6.62. The Labute approximate surface area is 165 Å². The van der Waals surface area contributed by atoms with Gasteiger partial charge in [-0.15, -0.1) is 10.2 Å². The van der Waals surface area contributed by atoms with Gasteiger partial charge in [-0.25, -0.2) is 0 Å². The number of aromatic nitrogens is 4. The van der Waals surface area contributed by atoms with E-state index in [9.17, 15) is 18.0 Å². The Balaban J connectivity index is 1.73. The average Bonchev–Trinajstić information content (AvgIpc) is 3.17. The molecular formula is C19H19F3N6O. The molecule has 0 saturated heterocycles. The molecule has 1 atom stereocenters. The summed E-state index contributed by atoms with van der Waals surface area (Å²) >= 11 is 0. The SMILES string of the molecule is CC(C(=O)Nc1ccc(N(C)C)cc1)n1nnc(-c2cccc(C(F)(F)F)c2)n1. The van der Waals surface area contributed by atoms with Crippen molar-refractivity contribution in [2.45, 2.75) is 19.1 Å². The summed E-state index contributed by atoms with van der Waals surface area (Å²) in [5.41, 5.74) is 0.946. The summed E-state index contributed by atoms with van der Waals surface area (Å²) < 4.78 is 38.6. The maximum Gasteiger partial charge on any atom is 0.416 e. The number of amides is 1. The number of benzene rings is 2. The van der Waals surface area contributed by atoms with Crippen molar-refractivity contribution in [1.82, 2.24) is 20.2 Å². The van der Waals surface area contributed by atoms with Gasteiger partial charge in [-0.3, -0.25) is 4.79 Å². The first-order valence-electron chi connectivity index (χ1n) is 8.70. The molecule has 0 bridgehead atoms. The number of hydrogen-bond donors (Lipinski definition) is 1. The summed E-state index contributed by atoms with van der Waals surface area (Å²) in [4.78, 5) is 15.5. The summed E-state index contributed by atoms with van der Waals surface area (Å²) in [6, 6.07) is 11.1. The highest BCUT2D eigenvalue weighted by atomic mass is 19.4. The van der Waals surface area contributed by atoms with Crippen LogP contribution in [0.5, 0.6) is 0 Å². The maximum absolute atomic E-state index is 12.9. The molecule has 0 radical (unpaired) electrons. The van der Waals surface area contributed by atoms with Gasteiger partial charge in [-0.1, -0.05) is 12.1 Å². The van der Waals surface area contributed by atoms with Gasteiger partial charge in [0.2, 0.25) is 5.82 Å². The molecule has 0 saturated carbocycles. The maximum atomic E-state index is 12.9. The van der Waals surface area contributed by atoms with Gasteiger partial charge in [0.25, 0.3) is 5.91 Å². The quantitative estimate of drug-likeness (QED) is 0.703. The van der Waals surface area contributed by atoms with E-state index < -0.39 is 17.8 Å². The van der Waals surface area contributed by atoms with Crippen molar-refractivity contribution in [2.24, 2.45) is 0 Å². The topological polar surface area (TPSA) is 75.9 Å². The highest BCUT2D eigenvalue weighted by molar-refractivity contribution is 5.93. The highest BCUT2D eigenvalue weighted by Crippen LogP contribution is 2.31. The van der Waals surface area contributed by atoms with E-state index >= 15 is 0 Å². The number of tetrazole rings is 1. The lowest BCUT2D eigenvalue weighted by Gasteiger charge is -2.14. The minimum Gasteiger partial charge on any atom is -0.378 e. The van der Waals surface area contributed by atoms with E-state index in [0.717, 1.165) is 22.6 Å². The molecule has 1 N–H and O–H groups in total. The van der Waals surface area contributed by atoms with Crippen molar-refractivity contribution in [3.63, 3.8) is 0 Å². The van der Waals surface area contributed by atoms with Crippen LogP contribution >= 0.6 is 0 Å². The van der Waals surface area contributed by atoms with Crippen molar-refractivity contribution in [3.05, 3.63) is 54.1 Å². The fraction of sp³-hybridized carbons (Fsp3) is 0.263. The number of carbonyl (C=O) groups excluding carboxylic acids is 1. The number of halogens is 3. The first-order valence-corrected chi connectivity index (χ1v) is 8.70. The van der Waals surface area contributed by atoms with Gasteiger partial charge in [0.05, 0.1) is 5.56 Å². The molecule has 1 heterocycles. The van der Waals surface area contributed by atoms with Crippen LogP contribution in [0.2, 0.25) is 0 Å². The normalized spacial score (nSPS) is 12.5. The molecule has 0 fully saturated rings. The van der Waals surface area contributed by atoms with E-state index in [1.165, 1.54) is 12.1 Å². The van der Waals surface area contributed by atoms with Crippen molar-refractivity contribution >= 4 is 17.3 Å². The molecule has 0 aliphatic rings. The van der Waals surface area contributed by atoms with Crippen molar-refractivity contribution < 1.29 is 18.0 Å². The molecule has 152 valence electrons. The van der Waals surface area contributed by atoms with E-state index in [0.29, 0.717) is 5.69 Å². The number of carbonyl (C=O) groups is 1. The van der Waals surface area contributed by atoms with Crippen LogP contribution in [0.15, 0.2) is 48.5 Å². The molecule has 3 aromatic rings. The first kappa shape index (κ1) is 20.3. The zero-order chi connectivity index (χ0) is 21.2. The zero-order valence-electron chi connectivity index (χ0n) is 16.0. The van der Waals surface area contributed by atoms with Gasteiger partial charge in [0.15, 0.2) is 0 Å². The Morgan fingerprint density at radius 2 is 1.83 bits per heavy atom. The molecule has 10 heteroatoms. The van der Waals surface area contributed by atoms with Crippen LogP contribution in [0, 0.1) is 0 Å². The van der Waals surface area contributed by atoms with Crippen LogP contribution in [-0.4, -0.2) is 40.2 Å². The fourth-order valence-electron chi connectivity index (χ4n) is 2.53.